The lowest BCUT2D eigenvalue weighted by molar-refractivity contribution is -0.274. The third kappa shape index (κ3) is 2.93. The van der Waals surface area contributed by atoms with E-state index in [1.54, 1.807) is 6.92 Å². The largest absolute Gasteiger partial charge is 0.573 e. The van der Waals surface area contributed by atoms with Crippen LogP contribution in [0.4, 0.5) is 13.2 Å². The van der Waals surface area contributed by atoms with Crippen molar-refractivity contribution in [1.29, 1.82) is 0 Å². The van der Waals surface area contributed by atoms with E-state index in [4.69, 9.17) is 5.11 Å². The molecule has 0 aliphatic rings. The van der Waals surface area contributed by atoms with Gasteiger partial charge in [-0.3, -0.25) is 0 Å². The second kappa shape index (κ2) is 4.42. The smallest absolute Gasteiger partial charge is 0.477 e. The summed E-state index contributed by atoms with van der Waals surface area (Å²) >= 11 is 0. The molecule has 0 saturated carbocycles. The molecule has 1 aromatic carbocycles. The lowest BCUT2D eigenvalue weighted by Crippen LogP contribution is -2.17. The summed E-state index contributed by atoms with van der Waals surface area (Å²) in [4.78, 5) is 14.7. The van der Waals surface area contributed by atoms with Crippen molar-refractivity contribution in [2.75, 3.05) is 0 Å². The van der Waals surface area contributed by atoms with Crippen LogP contribution in [0.3, 0.4) is 0 Å². The van der Waals surface area contributed by atoms with Gasteiger partial charge in [0.2, 0.25) is 0 Å². The molecular weight excluding hydrogens is 263 g/mol. The van der Waals surface area contributed by atoms with Gasteiger partial charge in [-0.1, -0.05) is 0 Å². The molecule has 2 rings (SSSR count). The van der Waals surface area contributed by atoms with Gasteiger partial charge in [0.25, 0.3) is 0 Å². The summed E-state index contributed by atoms with van der Waals surface area (Å²) in [6.45, 7) is 1.58. The third-order valence-electron chi connectivity index (χ3n) is 2.45. The van der Waals surface area contributed by atoms with Crippen LogP contribution in [-0.2, 0) is 0 Å². The number of alkyl halides is 3. The second-order valence-electron chi connectivity index (χ2n) is 3.83. The zero-order valence-corrected chi connectivity index (χ0v) is 9.65. The summed E-state index contributed by atoms with van der Waals surface area (Å²) in [7, 11) is 0. The Morgan fingerprint density at radius 3 is 2.58 bits per heavy atom. The van der Waals surface area contributed by atoms with Crippen molar-refractivity contribution >= 4 is 16.7 Å². The number of halogens is 3. The molecule has 0 spiro atoms. The predicted molar refractivity (Wildman–Crippen MR) is 60.1 cm³/mol. The first-order valence-electron chi connectivity index (χ1n) is 5.17. The van der Waals surface area contributed by atoms with E-state index in [1.165, 1.54) is 12.1 Å². The minimum atomic E-state index is -4.79. The van der Waals surface area contributed by atoms with E-state index in [2.05, 4.69) is 9.72 Å². The van der Waals surface area contributed by atoms with Crippen molar-refractivity contribution < 1.29 is 27.8 Å². The van der Waals surface area contributed by atoms with E-state index in [0.29, 0.717) is 16.5 Å². The normalized spacial score (nSPS) is 11.6. The Bertz CT molecular complexity index is 652. The number of fused-ring (bicyclic) bond motifs is 1. The highest BCUT2D eigenvalue weighted by atomic mass is 19.4. The summed E-state index contributed by atoms with van der Waals surface area (Å²) in [6, 6.07) is 4.90. The number of carbonyl (C=O) groups is 1. The van der Waals surface area contributed by atoms with E-state index in [0.717, 1.165) is 12.1 Å². The van der Waals surface area contributed by atoms with E-state index < -0.39 is 18.1 Å². The number of hydrogen-bond donors (Lipinski definition) is 1. The standard InChI is InChI=1S/C12H8F3NO3/c1-6-9-3-2-8(19-12(13,14)15)4-7(9)5-10(16-6)11(17)18/h2-5H,1H3,(H,17,18). The van der Waals surface area contributed by atoms with Crippen LogP contribution in [0.1, 0.15) is 16.2 Å². The van der Waals surface area contributed by atoms with E-state index in [-0.39, 0.29) is 5.69 Å². The summed E-state index contributed by atoms with van der Waals surface area (Å²) < 4.78 is 40.1. The Labute approximate surface area is 105 Å². The van der Waals surface area contributed by atoms with Gasteiger partial charge in [0.05, 0.1) is 0 Å². The highest BCUT2D eigenvalue weighted by molar-refractivity contribution is 5.93. The zero-order chi connectivity index (χ0) is 14.2. The Morgan fingerprint density at radius 2 is 2.00 bits per heavy atom. The molecule has 100 valence electrons. The Balaban J connectivity index is 2.55. The van der Waals surface area contributed by atoms with Gasteiger partial charge >= 0.3 is 12.3 Å². The van der Waals surface area contributed by atoms with Gasteiger partial charge in [-0.25, -0.2) is 9.78 Å². The highest BCUT2D eigenvalue weighted by Gasteiger charge is 2.31. The molecule has 4 nitrogen and oxygen atoms in total. The second-order valence-corrected chi connectivity index (χ2v) is 3.83. The number of rotatable bonds is 2. The Kier molecular flexibility index (Phi) is 3.05. The monoisotopic (exact) mass is 271 g/mol. The minimum absolute atomic E-state index is 0.228. The van der Waals surface area contributed by atoms with E-state index in [1.807, 2.05) is 0 Å². The quantitative estimate of drug-likeness (QED) is 0.911. The molecule has 2 aromatic rings. The van der Waals surface area contributed by atoms with Crippen molar-refractivity contribution in [2.45, 2.75) is 13.3 Å². The molecule has 0 fully saturated rings. The van der Waals surface area contributed by atoms with Crippen molar-refractivity contribution in [3.63, 3.8) is 0 Å². The van der Waals surface area contributed by atoms with E-state index >= 15 is 0 Å². The minimum Gasteiger partial charge on any atom is -0.477 e. The molecule has 0 radical (unpaired) electrons. The molecule has 0 atom stereocenters. The summed E-state index contributed by atoms with van der Waals surface area (Å²) in [6.07, 6.45) is -4.79. The number of carboxylic acid groups (broad SMARTS) is 1. The summed E-state index contributed by atoms with van der Waals surface area (Å²) in [5.41, 5.74) is 0.197. The van der Waals surface area contributed by atoms with Crippen LogP contribution < -0.4 is 4.74 Å². The number of carboxylic acids is 1. The van der Waals surface area contributed by atoms with Gasteiger partial charge in [0.15, 0.2) is 0 Å². The number of aromatic nitrogens is 1. The van der Waals surface area contributed by atoms with Gasteiger partial charge < -0.3 is 9.84 Å². The number of nitrogens with zero attached hydrogens (tertiary/aromatic N) is 1. The molecule has 0 amide bonds. The van der Waals surface area contributed by atoms with Gasteiger partial charge in [-0.05, 0) is 36.6 Å². The first-order valence-corrected chi connectivity index (χ1v) is 5.17. The van der Waals surface area contributed by atoms with Crippen molar-refractivity contribution in [2.24, 2.45) is 0 Å². The van der Waals surface area contributed by atoms with Crippen LogP contribution in [0, 0.1) is 6.92 Å². The zero-order valence-electron chi connectivity index (χ0n) is 9.65. The van der Waals surface area contributed by atoms with Gasteiger partial charge in [-0.2, -0.15) is 0 Å². The first kappa shape index (κ1) is 13.1. The van der Waals surface area contributed by atoms with Crippen LogP contribution >= 0.6 is 0 Å². The number of benzene rings is 1. The van der Waals surface area contributed by atoms with Crippen molar-refractivity contribution in [3.8, 4) is 5.75 Å². The number of aryl methyl sites for hydroxylation is 1. The van der Waals surface area contributed by atoms with Crippen LogP contribution in [0.25, 0.3) is 10.8 Å². The molecule has 0 aliphatic heterocycles. The molecule has 1 aromatic heterocycles. The Morgan fingerprint density at radius 1 is 1.32 bits per heavy atom. The van der Waals surface area contributed by atoms with Crippen LogP contribution in [0.5, 0.6) is 5.75 Å². The van der Waals surface area contributed by atoms with Crippen LogP contribution in [-0.4, -0.2) is 22.4 Å². The lowest BCUT2D eigenvalue weighted by Gasteiger charge is -2.10. The predicted octanol–water partition coefficient (Wildman–Crippen LogP) is 3.14. The molecule has 0 unspecified atom stereocenters. The molecule has 1 N–H and O–H groups in total. The van der Waals surface area contributed by atoms with Crippen LogP contribution in [0.2, 0.25) is 0 Å². The molecule has 1 heterocycles. The number of pyridine rings is 1. The fraction of sp³-hybridized carbons (Fsp3) is 0.167. The van der Waals surface area contributed by atoms with Gasteiger partial charge in [0.1, 0.15) is 11.4 Å². The Hall–Kier alpha value is -2.31. The fourth-order valence-corrected chi connectivity index (χ4v) is 1.72. The van der Waals surface area contributed by atoms with Crippen molar-refractivity contribution in [1.82, 2.24) is 4.98 Å². The average molecular weight is 271 g/mol. The molecule has 19 heavy (non-hydrogen) atoms. The third-order valence-corrected chi connectivity index (χ3v) is 2.45. The summed E-state index contributed by atoms with van der Waals surface area (Å²) in [5, 5.41) is 9.75. The number of ether oxygens (including phenoxy) is 1. The fourth-order valence-electron chi connectivity index (χ4n) is 1.72. The molecule has 0 bridgehead atoms. The molecule has 0 saturated heterocycles. The first-order chi connectivity index (χ1) is 8.76. The van der Waals surface area contributed by atoms with E-state index in [9.17, 15) is 18.0 Å². The van der Waals surface area contributed by atoms with Crippen LogP contribution in [0.15, 0.2) is 24.3 Å². The SMILES string of the molecule is Cc1nc(C(=O)O)cc2cc(OC(F)(F)F)ccc12. The maximum atomic E-state index is 12.1. The van der Waals surface area contributed by atoms with Gasteiger partial charge in [-0.15, -0.1) is 13.2 Å². The van der Waals surface area contributed by atoms with Crippen molar-refractivity contribution in [3.05, 3.63) is 35.7 Å². The maximum Gasteiger partial charge on any atom is 0.573 e. The number of hydrogen-bond acceptors (Lipinski definition) is 3. The maximum absolute atomic E-state index is 12.1. The molecule has 0 aliphatic carbocycles. The highest BCUT2D eigenvalue weighted by Crippen LogP contribution is 2.27. The lowest BCUT2D eigenvalue weighted by atomic mass is 10.1. The average Bonchev–Trinajstić information content (AvgIpc) is 2.25. The topological polar surface area (TPSA) is 59.4 Å². The molecular formula is C12H8F3NO3. The molecule has 7 heteroatoms. The number of aromatic carboxylic acids is 1. The summed E-state index contributed by atoms with van der Waals surface area (Å²) in [5.74, 6) is -1.64. The van der Waals surface area contributed by atoms with Gasteiger partial charge in [0, 0.05) is 11.1 Å².